The van der Waals surface area contributed by atoms with E-state index in [2.05, 4.69) is 4.74 Å². The fraction of sp³-hybridized carbons (Fsp3) is 0.800. The van der Waals surface area contributed by atoms with Crippen molar-refractivity contribution in [2.45, 2.75) is 13.0 Å². The van der Waals surface area contributed by atoms with Crippen molar-refractivity contribution in [3.05, 3.63) is 0 Å². The van der Waals surface area contributed by atoms with E-state index in [4.69, 9.17) is 14.6 Å². The molecule has 0 aromatic rings. The fourth-order valence-electron chi connectivity index (χ4n) is 1.47. The van der Waals surface area contributed by atoms with Crippen molar-refractivity contribution in [1.82, 2.24) is 4.90 Å². The minimum Gasteiger partial charge on any atom is -0.465 e. The van der Waals surface area contributed by atoms with Gasteiger partial charge in [-0.1, -0.05) is 0 Å². The molecule has 1 saturated heterocycles. The van der Waals surface area contributed by atoms with Crippen LogP contribution in [0.3, 0.4) is 0 Å². The maximum absolute atomic E-state index is 11.0. The molecular weight excluding hydrogens is 230 g/mol. The molecule has 1 aliphatic rings. The molecule has 0 aliphatic carbocycles. The maximum atomic E-state index is 11.0. The highest BCUT2D eigenvalue weighted by atomic mass is 16.6. The number of carbonyl (C=O) groups excluding carboxylic acids is 1. The third-order valence-electron chi connectivity index (χ3n) is 2.24. The minimum absolute atomic E-state index is 0.138. The predicted octanol–water partition coefficient (Wildman–Crippen LogP) is -0.0551. The zero-order valence-electron chi connectivity index (χ0n) is 9.76. The summed E-state index contributed by atoms with van der Waals surface area (Å²) in [5.41, 5.74) is 0. The molecule has 98 valence electrons. The van der Waals surface area contributed by atoms with Gasteiger partial charge in [-0.3, -0.25) is 0 Å². The Morgan fingerprint density at radius 1 is 1.53 bits per heavy atom. The summed E-state index contributed by atoms with van der Waals surface area (Å²) < 4.78 is 15.1. The molecule has 7 nitrogen and oxygen atoms in total. The van der Waals surface area contributed by atoms with Gasteiger partial charge in [0.1, 0.15) is 6.61 Å². The Labute approximate surface area is 99.2 Å². The molecule has 1 amide bonds. The van der Waals surface area contributed by atoms with Crippen molar-refractivity contribution in [3.8, 4) is 0 Å². The summed E-state index contributed by atoms with van der Waals surface area (Å²) in [6.45, 7) is 3.05. The van der Waals surface area contributed by atoms with Crippen LogP contribution in [0.1, 0.15) is 6.92 Å². The molecule has 0 spiro atoms. The molecule has 1 aliphatic heterocycles. The molecule has 1 rings (SSSR count). The quantitative estimate of drug-likeness (QED) is 0.685. The number of hydrogen-bond donors (Lipinski definition) is 1. The van der Waals surface area contributed by atoms with Crippen LogP contribution in [0, 0.1) is 0 Å². The fourth-order valence-corrected chi connectivity index (χ4v) is 1.47. The van der Waals surface area contributed by atoms with Crippen LogP contribution >= 0.6 is 0 Å². The van der Waals surface area contributed by atoms with Gasteiger partial charge >= 0.3 is 12.1 Å². The predicted molar refractivity (Wildman–Crippen MR) is 56.8 cm³/mol. The summed E-state index contributed by atoms with van der Waals surface area (Å²) in [6.07, 6.45) is -1.29. The monoisotopic (exact) mass is 247 g/mol. The first-order chi connectivity index (χ1) is 8.13. The van der Waals surface area contributed by atoms with E-state index < -0.39 is 12.1 Å². The van der Waals surface area contributed by atoms with Crippen LogP contribution in [-0.2, 0) is 19.0 Å². The minimum atomic E-state index is -0.969. The number of carboxylic acid groups (broad SMARTS) is 1. The molecule has 1 atom stereocenters. The Hall–Kier alpha value is -1.34. The molecule has 0 aromatic heterocycles. The topological polar surface area (TPSA) is 85.3 Å². The van der Waals surface area contributed by atoms with Crippen LogP contribution in [0.5, 0.6) is 0 Å². The van der Waals surface area contributed by atoms with Crippen molar-refractivity contribution in [2.75, 3.05) is 39.5 Å². The van der Waals surface area contributed by atoms with E-state index in [9.17, 15) is 9.59 Å². The molecule has 1 fully saturated rings. The lowest BCUT2D eigenvalue weighted by Gasteiger charge is -2.30. The molecule has 17 heavy (non-hydrogen) atoms. The van der Waals surface area contributed by atoms with Crippen molar-refractivity contribution in [2.24, 2.45) is 0 Å². The SMILES string of the molecule is CCOC(=O)COC[C@@H]1CN(C(=O)O)CCO1. The number of carbonyl (C=O) groups is 2. The summed E-state index contributed by atoms with van der Waals surface area (Å²) in [7, 11) is 0. The van der Waals surface area contributed by atoms with Gasteiger partial charge in [0.05, 0.1) is 32.5 Å². The highest BCUT2D eigenvalue weighted by Crippen LogP contribution is 2.05. The van der Waals surface area contributed by atoms with E-state index in [1.54, 1.807) is 6.92 Å². The van der Waals surface area contributed by atoms with Crippen molar-refractivity contribution >= 4 is 12.1 Å². The Balaban J connectivity index is 2.18. The third-order valence-corrected chi connectivity index (χ3v) is 2.24. The Morgan fingerprint density at radius 3 is 2.94 bits per heavy atom. The first-order valence-electron chi connectivity index (χ1n) is 5.46. The number of morpholine rings is 1. The molecule has 1 heterocycles. The van der Waals surface area contributed by atoms with Crippen molar-refractivity contribution in [1.29, 1.82) is 0 Å². The van der Waals surface area contributed by atoms with Crippen LogP contribution in [0.4, 0.5) is 4.79 Å². The summed E-state index contributed by atoms with van der Waals surface area (Å²) in [4.78, 5) is 23.0. The van der Waals surface area contributed by atoms with Gasteiger partial charge in [-0.2, -0.15) is 0 Å². The average Bonchev–Trinajstić information content (AvgIpc) is 2.30. The van der Waals surface area contributed by atoms with Gasteiger partial charge in [0, 0.05) is 6.54 Å². The standard InChI is InChI=1S/C10H17NO6/c1-2-16-9(12)7-15-6-8-5-11(10(13)14)3-4-17-8/h8H,2-7H2,1H3,(H,13,14)/t8-/m0/s1. The number of hydrogen-bond acceptors (Lipinski definition) is 5. The lowest BCUT2D eigenvalue weighted by molar-refractivity contribution is -0.150. The molecule has 7 heteroatoms. The first kappa shape index (κ1) is 13.7. The zero-order chi connectivity index (χ0) is 12.7. The van der Waals surface area contributed by atoms with Gasteiger partial charge in [-0.15, -0.1) is 0 Å². The van der Waals surface area contributed by atoms with Crippen molar-refractivity contribution in [3.63, 3.8) is 0 Å². The largest absolute Gasteiger partial charge is 0.465 e. The number of esters is 1. The van der Waals surface area contributed by atoms with Gasteiger partial charge in [0.15, 0.2) is 0 Å². The normalized spacial score (nSPS) is 20.1. The number of amides is 1. The van der Waals surface area contributed by atoms with E-state index in [1.165, 1.54) is 4.90 Å². The lowest BCUT2D eigenvalue weighted by atomic mass is 10.3. The molecule has 0 aromatic carbocycles. The summed E-state index contributed by atoms with van der Waals surface area (Å²) in [5.74, 6) is -0.432. The van der Waals surface area contributed by atoms with E-state index in [0.717, 1.165) is 0 Å². The molecule has 0 saturated carbocycles. The zero-order valence-corrected chi connectivity index (χ0v) is 9.76. The number of ether oxygens (including phenoxy) is 3. The number of nitrogens with zero attached hydrogens (tertiary/aromatic N) is 1. The molecular formula is C10H17NO6. The average molecular weight is 247 g/mol. The van der Waals surface area contributed by atoms with E-state index in [0.29, 0.717) is 19.8 Å². The molecule has 1 N–H and O–H groups in total. The Bertz CT molecular complexity index is 270. The van der Waals surface area contributed by atoms with Gasteiger partial charge in [-0.05, 0) is 6.92 Å². The van der Waals surface area contributed by atoms with E-state index in [-0.39, 0.29) is 25.9 Å². The third kappa shape index (κ3) is 5.01. The van der Waals surface area contributed by atoms with E-state index >= 15 is 0 Å². The van der Waals surface area contributed by atoms with Crippen LogP contribution in [0.25, 0.3) is 0 Å². The second kappa shape index (κ2) is 7.08. The van der Waals surface area contributed by atoms with Crippen LogP contribution < -0.4 is 0 Å². The lowest BCUT2D eigenvalue weighted by Crippen LogP contribution is -2.46. The Morgan fingerprint density at radius 2 is 2.29 bits per heavy atom. The van der Waals surface area contributed by atoms with Gasteiger partial charge in [-0.25, -0.2) is 9.59 Å². The smallest absolute Gasteiger partial charge is 0.407 e. The highest BCUT2D eigenvalue weighted by Gasteiger charge is 2.24. The molecule has 0 unspecified atom stereocenters. The van der Waals surface area contributed by atoms with Gasteiger partial charge < -0.3 is 24.2 Å². The maximum Gasteiger partial charge on any atom is 0.407 e. The van der Waals surface area contributed by atoms with Gasteiger partial charge in [0.2, 0.25) is 0 Å². The van der Waals surface area contributed by atoms with Crippen LogP contribution in [0.2, 0.25) is 0 Å². The summed E-state index contributed by atoms with van der Waals surface area (Å²) in [6, 6.07) is 0. The summed E-state index contributed by atoms with van der Waals surface area (Å²) in [5, 5.41) is 8.80. The van der Waals surface area contributed by atoms with Crippen LogP contribution in [-0.4, -0.2) is 67.7 Å². The Kier molecular flexibility index (Phi) is 5.71. The van der Waals surface area contributed by atoms with Crippen molar-refractivity contribution < 1.29 is 28.9 Å². The van der Waals surface area contributed by atoms with Gasteiger partial charge in [0.25, 0.3) is 0 Å². The highest BCUT2D eigenvalue weighted by molar-refractivity contribution is 5.70. The summed E-state index contributed by atoms with van der Waals surface area (Å²) >= 11 is 0. The number of rotatable bonds is 5. The molecule has 0 bridgehead atoms. The van der Waals surface area contributed by atoms with Crippen LogP contribution in [0.15, 0.2) is 0 Å². The first-order valence-corrected chi connectivity index (χ1v) is 5.46. The second-order valence-corrected chi connectivity index (χ2v) is 3.54. The second-order valence-electron chi connectivity index (χ2n) is 3.54. The molecule has 0 radical (unpaired) electrons. The van der Waals surface area contributed by atoms with E-state index in [1.807, 2.05) is 0 Å².